The van der Waals surface area contributed by atoms with Gasteiger partial charge in [-0.1, -0.05) is 18.2 Å². The fraction of sp³-hybridized carbons (Fsp3) is 0.286. The molecule has 2 aliphatic heterocycles. The van der Waals surface area contributed by atoms with E-state index in [0.29, 0.717) is 31.1 Å². The SMILES string of the molecule is CCOC(C)COc1ccc([C@H]2Oc3cc(C(F)(F)F)ccc3C3=C2c2ccc(O)cc2NC3)cc1. The number of halogens is 3. The van der Waals surface area contributed by atoms with Crippen LogP contribution in [0.2, 0.25) is 0 Å². The van der Waals surface area contributed by atoms with Crippen LogP contribution < -0.4 is 14.8 Å². The second-order valence-corrected chi connectivity index (χ2v) is 8.83. The number of phenolic OH excluding ortho intramolecular Hbond substituents is 1. The van der Waals surface area contributed by atoms with E-state index in [-0.39, 0.29) is 17.6 Å². The minimum absolute atomic E-state index is 0.0499. The molecule has 0 amide bonds. The van der Waals surface area contributed by atoms with Crippen molar-refractivity contribution in [2.24, 2.45) is 0 Å². The molecule has 8 heteroatoms. The van der Waals surface area contributed by atoms with Gasteiger partial charge in [-0.05, 0) is 61.4 Å². The van der Waals surface area contributed by atoms with Crippen LogP contribution in [0.25, 0.3) is 11.1 Å². The van der Waals surface area contributed by atoms with Crippen LogP contribution in [0.15, 0.2) is 60.7 Å². The summed E-state index contributed by atoms with van der Waals surface area (Å²) in [4.78, 5) is 0. The van der Waals surface area contributed by atoms with Gasteiger partial charge in [0.1, 0.15) is 30.0 Å². The molecular formula is C28H26F3NO4. The van der Waals surface area contributed by atoms with Crippen LogP contribution in [-0.2, 0) is 10.9 Å². The average molecular weight is 498 g/mol. The lowest BCUT2D eigenvalue weighted by Crippen LogP contribution is -2.24. The fourth-order valence-electron chi connectivity index (χ4n) is 4.65. The van der Waals surface area contributed by atoms with Gasteiger partial charge < -0.3 is 24.6 Å². The minimum atomic E-state index is -4.48. The van der Waals surface area contributed by atoms with E-state index >= 15 is 0 Å². The van der Waals surface area contributed by atoms with Gasteiger partial charge in [0.05, 0.1) is 11.7 Å². The molecule has 2 heterocycles. The number of rotatable bonds is 6. The van der Waals surface area contributed by atoms with Crippen molar-refractivity contribution >= 4 is 16.8 Å². The van der Waals surface area contributed by atoms with Crippen molar-refractivity contribution in [3.8, 4) is 17.2 Å². The summed E-state index contributed by atoms with van der Waals surface area (Å²) >= 11 is 0. The smallest absolute Gasteiger partial charge is 0.416 e. The molecule has 3 aromatic carbocycles. The molecule has 2 N–H and O–H groups in total. The molecule has 5 nitrogen and oxygen atoms in total. The van der Waals surface area contributed by atoms with E-state index in [1.165, 1.54) is 6.07 Å². The number of ether oxygens (including phenoxy) is 3. The van der Waals surface area contributed by atoms with Crippen molar-refractivity contribution in [1.29, 1.82) is 0 Å². The third-order valence-electron chi connectivity index (χ3n) is 6.33. The molecule has 0 fully saturated rings. The quantitative estimate of drug-likeness (QED) is 0.398. The largest absolute Gasteiger partial charge is 0.508 e. The van der Waals surface area contributed by atoms with Crippen molar-refractivity contribution in [3.05, 3.63) is 82.9 Å². The number of aromatic hydroxyl groups is 1. The number of hydrogen-bond donors (Lipinski definition) is 2. The van der Waals surface area contributed by atoms with Gasteiger partial charge >= 0.3 is 6.18 Å². The second kappa shape index (κ2) is 9.43. The zero-order chi connectivity index (χ0) is 25.4. The minimum Gasteiger partial charge on any atom is -0.508 e. The molecule has 0 saturated carbocycles. The maximum Gasteiger partial charge on any atom is 0.416 e. The van der Waals surface area contributed by atoms with Gasteiger partial charge in [0, 0.05) is 41.6 Å². The monoisotopic (exact) mass is 497 g/mol. The summed E-state index contributed by atoms with van der Waals surface area (Å²) in [6.45, 7) is 5.25. The third kappa shape index (κ3) is 4.60. The van der Waals surface area contributed by atoms with Gasteiger partial charge in [0.25, 0.3) is 0 Å². The van der Waals surface area contributed by atoms with E-state index in [1.54, 1.807) is 18.2 Å². The van der Waals surface area contributed by atoms with Crippen molar-refractivity contribution in [2.75, 3.05) is 25.1 Å². The summed E-state index contributed by atoms with van der Waals surface area (Å²) < 4.78 is 57.9. The van der Waals surface area contributed by atoms with Crippen LogP contribution in [0.3, 0.4) is 0 Å². The standard InChI is InChI=1S/C28H26F3NO4/c1-3-34-16(2)15-35-20-8-4-17(5-9-20)27-26-22-11-7-19(33)13-24(22)32-14-23(26)21-10-6-18(28(29,30)31)12-25(21)36-27/h4-13,16,27,32-33H,3,14-15H2,1-2H3/t16?,27-/m1/s1. The molecule has 36 heavy (non-hydrogen) atoms. The van der Waals surface area contributed by atoms with Crippen molar-refractivity contribution in [1.82, 2.24) is 0 Å². The molecule has 2 aliphatic rings. The summed E-state index contributed by atoms with van der Waals surface area (Å²) in [6.07, 6.45) is -5.17. The lowest BCUT2D eigenvalue weighted by molar-refractivity contribution is -0.137. The summed E-state index contributed by atoms with van der Waals surface area (Å²) in [6, 6.07) is 16.0. The molecule has 188 valence electrons. The molecule has 0 saturated heterocycles. The predicted molar refractivity (Wildman–Crippen MR) is 131 cm³/mol. The lowest BCUT2D eigenvalue weighted by atomic mass is 9.82. The van der Waals surface area contributed by atoms with E-state index < -0.39 is 17.8 Å². The Morgan fingerprint density at radius 3 is 2.53 bits per heavy atom. The lowest BCUT2D eigenvalue weighted by Gasteiger charge is -2.36. The van der Waals surface area contributed by atoms with E-state index in [4.69, 9.17) is 14.2 Å². The summed E-state index contributed by atoms with van der Waals surface area (Å²) in [5.74, 6) is 0.964. The van der Waals surface area contributed by atoms with Gasteiger partial charge in [-0.3, -0.25) is 0 Å². The Bertz CT molecular complexity index is 1300. The normalized spacial score (nSPS) is 17.3. The van der Waals surface area contributed by atoms with Gasteiger partial charge in [0.15, 0.2) is 0 Å². The van der Waals surface area contributed by atoms with E-state index in [9.17, 15) is 18.3 Å². The van der Waals surface area contributed by atoms with Crippen LogP contribution in [-0.4, -0.2) is 31.0 Å². The summed E-state index contributed by atoms with van der Waals surface area (Å²) in [5, 5.41) is 13.2. The molecule has 0 aromatic heterocycles. The van der Waals surface area contributed by atoms with Crippen LogP contribution in [0, 0.1) is 0 Å². The van der Waals surface area contributed by atoms with E-state index in [1.807, 2.05) is 38.1 Å². The number of phenols is 1. The Hall–Kier alpha value is -3.65. The van der Waals surface area contributed by atoms with Gasteiger partial charge in [-0.2, -0.15) is 13.2 Å². The summed E-state index contributed by atoms with van der Waals surface area (Å²) in [7, 11) is 0. The Labute approximate surface area is 207 Å². The van der Waals surface area contributed by atoms with Gasteiger partial charge in [0.2, 0.25) is 0 Å². The first-order chi connectivity index (χ1) is 17.2. The first-order valence-electron chi connectivity index (χ1n) is 11.8. The number of hydrogen-bond acceptors (Lipinski definition) is 5. The Morgan fingerprint density at radius 1 is 1.06 bits per heavy atom. The van der Waals surface area contributed by atoms with Crippen LogP contribution in [0.5, 0.6) is 17.2 Å². The number of fused-ring (bicyclic) bond motifs is 4. The van der Waals surface area contributed by atoms with E-state index in [0.717, 1.165) is 40.1 Å². The molecule has 0 bridgehead atoms. The third-order valence-corrected chi connectivity index (χ3v) is 6.33. The highest BCUT2D eigenvalue weighted by atomic mass is 19.4. The Morgan fingerprint density at radius 2 is 1.81 bits per heavy atom. The average Bonchev–Trinajstić information content (AvgIpc) is 2.86. The number of anilines is 1. The summed E-state index contributed by atoms with van der Waals surface area (Å²) in [5.41, 5.74) is 3.92. The predicted octanol–water partition coefficient (Wildman–Crippen LogP) is 6.68. The molecule has 0 spiro atoms. The molecular weight excluding hydrogens is 471 g/mol. The van der Waals surface area contributed by atoms with Gasteiger partial charge in [-0.25, -0.2) is 0 Å². The maximum absolute atomic E-state index is 13.4. The zero-order valence-electron chi connectivity index (χ0n) is 19.9. The number of alkyl halides is 3. The fourth-order valence-corrected chi connectivity index (χ4v) is 4.65. The van der Waals surface area contributed by atoms with Crippen molar-refractivity contribution in [3.63, 3.8) is 0 Å². The molecule has 1 unspecified atom stereocenters. The first kappa shape index (κ1) is 24.1. The Balaban J connectivity index is 1.55. The maximum atomic E-state index is 13.4. The van der Waals surface area contributed by atoms with Crippen LogP contribution >= 0.6 is 0 Å². The van der Waals surface area contributed by atoms with Crippen LogP contribution in [0.4, 0.5) is 18.9 Å². The highest BCUT2D eigenvalue weighted by Crippen LogP contribution is 2.51. The highest BCUT2D eigenvalue weighted by Gasteiger charge is 2.37. The van der Waals surface area contributed by atoms with Crippen LogP contribution in [0.1, 0.15) is 42.2 Å². The molecule has 0 aliphatic carbocycles. The highest BCUT2D eigenvalue weighted by molar-refractivity contribution is 6.02. The first-order valence-corrected chi connectivity index (χ1v) is 11.8. The number of benzene rings is 3. The van der Waals surface area contributed by atoms with Crippen molar-refractivity contribution in [2.45, 2.75) is 32.2 Å². The van der Waals surface area contributed by atoms with Gasteiger partial charge in [-0.15, -0.1) is 0 Å². The second-order valence-electron chi connectivity index (χ2n) is 8.83. The number of nitrogens with one attached hydrogen (secondary N) is 1. The van der Waals surface area contributed by atoms with Crippen molar-refractivity contribution < 1.29 is 32.5 Å². The molecule has 3 aromatic rings. The molecule has 5 rings (SSSR count). The molecule has 0 radical (unpaired) electrons. The topological polar surface area (TPSA) is 60.0 Å². The molecule has 2 atom stereocenters. The zero-order valence-corrected chi connectivity index (χ0v) is 19.9. The Kier molecular flexibility index (Phi) is 6.30. The van der Waals surface area contributed by atoms with E-state index in [2.05, 4.69) is 5.32 Å².